The second-order valence-electron chi connectivity index (χ2n) is 6.78. The summed E-state index contributed by atoms with van der Waals surface area (Å²) in [6.07, 6.45) is 2.72. The van der Waals surface area contributed by atoms with Crippen LogP contribution in [-0.2, 0) is 11.3 Å². The molecule has 4 rings (SSSR count). The number of thiophene rings is 1. The molecule has 0 radical (unpaired) electrons. The number of piperidine rings is 1. The molecule has 1 aromatic heterocycles. The summed E-state index contributed by atoms with van der Waals surface area (Å²) in [5.41, 5.74) is 2.67. The van der Waals surface area contributed by atoms with Gasteiger partial charge >= 0.3 is 0 Å². The Bertz CT molecular complexity index is 660. The third kappa shape index (κ3) is 2.93. The molecule has 0 saturated carbocycles. The Morgan fingerprint density at radius 1 is 1.17 bits per heavy atom. The van der Waals surface area contributed by atoms with E-state index in [1.54, 1.807) is 11.3 Å². The van der Waals surface area contributed by atoms with Crippen LogP contribution in [0.4, 0.5) is 0 Å². The van der Waals surface area contributed by atoms with Gasteiger partial charge in [-0.05, 0) is 40.8 Å². The van der Waals surface area contributed by atoms with Crippen LogP contribution in [0.15, 0.2) is 47.2 Å². The molecule has 1 amide bonds. The number of benzene rings is 1. The van der Waals surface area contributed by atoms with Crippen molar-refractivity contribution in [3.8, 4) is 0 Å². The number of rotatable bonds is 3. The van der Waals surface area contributed by atoms with Gasteiger partial charge in [-0.15, -0.1) is 0 Å². The molecule has 23 heavy (non-hydrogen) atoms. The molecule has 2 aromatic rings. The lowest BCUT2D eigenvalue weighted by atomic mass is 9.74. The fourth-order valence-corrected chi connectivity index (χ4v) is 4.80. The summed E-state index contributed by atoms with van der Waals surface area (Å²) in [5.74, 6) is 0.532. The van der Waals surface area contributed by atoms with Crippen LogP contribution < -0.4 is 5.32 Å². The first kappa shape index (κ1) is 14.9. The van der Waals surface area contributed by atoms with Crippen molar-refractivity contribution in [2.24, 2.45) is 0 Å². The maximum absolute atomic E-state index is 12.1. The number of nitrogens with one attached hydrogen (secondary N) is 1. The smallest absolute Gasteiger partial charge is 0.221 e. The molecular formula is C19H22N2OS. The van der Waals surface area contributed by atoms with Crippen molar-refractivity contribution in [1.82, 2.24) is 10.2 Å². The maximum Gasteiger partial charge on any atom is 0.221 e. The van der Waals surface area contributed by atoms with E-state index in [2.05, 4.69) is 51.3 Å². The zero-order valence-electron chi connectivity index (χ0n) is 13.2. The first-order chi connectivity index (χ1) is 11.3. The number of likely N-dealkylation sites (tertiary alicyclic amines) is 1. The van der Waals surface area contributed by atoms with E-state index in [4.69, 9.17) is 0 Å². The van der Waals surface area contributed by atoms with E-state index in [0.29, 0.717) is 12.3 Å². The SMILES string of the molecule is O=C1CC(c2ccccc2)C2(CCN(Cc3ccsc3)CC2)N1. The van der Waals surface area contributed by atoms with Crippen LogP contribution in [0.25, 0.3) is 0 Å². The predicted molar refractivity (Wildman–Crippen MR) is 93.5 cm³/mol. The molecule has 4 heteroatoms. The van der Waals surface area contributed by atoms with Gasteiger partial charge in [0.1, 0.15) is 0 Å². The van der Waals surface area contributed by atoms with Gasteiger partial charge in [0.2, 0.25) is 5.91 Å². The summed E-state index contributed by atoms with van der Waals surface area (Å²) in [5, 5.41) is 7.71. The van der Waals surface area contributed by atoms with E-state index in [0.717, 1.165) is 32.5 Å². The van der Waals surface area contributed by atoms with Crippen LogP contribution in [0.5, 0.6) is 0 Å². The Labute approximate surface area is 141 Å². The van der Waals surface area contributed by atoms with E-state index in [1.165, 1.54) is 11.1 Å². The number of amides is 1. The Morgan fingerprint density at radius 2 is 1.96 bits per heavy atom. The minimum Gasteiger partial charge on any atom is -0.350 e. The Kier molecular flexibility index (Phi) is 3.95. The van der Waals surface area contributed by atoms with Crippen molar-refractivity contribution in [2.75, 3.05) is 13.1 Å². The van der Waals surface area contributed by atoms with Gasteiger partial charge in [0.25, 0.3) is 0 Å². The predicted octanol–water partition coefficient (Wildman–Crippen LogP) is 3.39. The normalized spacial score (nSPS) is 24.0. The zero-order valence-corrected chi connectivity index (χ0v) is 14.0. The number of hydrogen-bond donors (Lipinski definition) is 1. The molecular weight excluding hydrogens is 304 g/mol. The summed E-state index contributed by atoms with van der Waals surface area (Å²) in [7, 11) is 0. The van der Waals surface area contributed by atoms with Crippen molar-refractivity contribution >= 4 is 17.2 Å². The second kappa shape index (κ2) is 6.10. The van der Waals surface area contributed by atoms with E-state index in [9.17, 15) is 4.79 Å². The van der Waals surface area contributed by atoms with Gasteiger partial charge in [-0.3, -0.25) is 9.69 Å². The minimum atomic E-state index is -0.0381. The molecule has 0 aliphatic carbocycles. The van der Waals surface area contributed by atoms with Crippen LogP contribution in [-0.4, -0.2) is 29.4 Å². The Balaban J connectivity index is 1.49. The third-order valence-electron chi connectivity index (χ3n) is 5.38. The van der Waals surface area contributed by atoms with Crippen LogP contribution in [0, 0.1) is 0 Å². The van der Waals surface area contributed by atoms with Crippen molar-refractivity contribution in [1.29, 1.82) is 0 Å². The summed E-state index contributed by atoms with van der Waals surface area (Å²) >= 11 is 1.76. The topological polar surface area (TPSA) is 32.3 Å². The minimum absolute atomic E-state index is 0.0381. The molecule has 3 nitrogen and oxygen atoms in total. The van der Waals surface area contributed by atoms with Gasteiger partial charge in [-0.1, -0.05) is 30.3 Å². The van der Waals surface area contributed by atoms with E-state index >= 15 is 0 Å². The molecule has 1 aromatic carbocycles. The van der Waals surface area contributed by atoms with Gasteiger partial charge < -0.3 is 5.32 Å². The van der Waals surface area contributed by atoms with E-state index in [1.807, 2.05) is 6.07 Å². The van der Waals surface area contributed by atoms with Crippen molar-refractivity contribution in [3.63, 3.8) is 0 Å². The lowest BCUT2D eigenvalue weighted by Crippen LogP contribution is -2.53. The molecule has 2 aliphatic heterocycles. The van der Waals surface area contributed by atoms with Gasteiger partial charge in [0.05, 0.1) is 0 Å². The molecule has 1 spiro atoms. The number of nitrogens with zero attached hydrogens (tertiary/aromatic N) is 1. The molecule has 0 bridgehead atoms. The van der Waals surface area contributed by atoms with Gasteiger partial charge in [0.15, 0.2) is 0 Å². The Morgan fingerprint density at radius 3 is 2.65 bits per heavy atom. The van der Waals surface area contributed by atoms with Crippen LogP contribution >= 0.6 is 11.3 Å². The van der Waals surface area contributed by atoms with Crippen molar-refractivity contribution in [3.05, 3.63) is 58.3 Å². The largest absolute Gasteiger partial charge is 0.350 e. The summed E-state index contributed by atoms with van der Waals surface area (Å²) in [6.45, 7) is 3.14. The monoisotopic (exact) mass is 326 g/mol. The van der Waals surface area contributed by atoms with E-state index < -0.39 is 0 Å². The van der Waals surface area contributed by atoms with Gasteiger partial charge in [-0.25, -0.2) is 0 Å². The molecule has 120 valence electrons. The standard InChI is InChI=1S/C19H22N2OS/c22-18-12-17(16-4-2-1-3-5-16)19(20-18)7-9-21(10-8-19)13-15-6-11-23-14-15/h1-6,11,14,17H,7-10,12-13H2,(H,20,22). The summed E-state index contributed by atoms with van der Waals surface area (Å²) in [6, 6.07) is 12.8. The highest BCUT2D eigenvalue weighted by Crippen LogP contribution is 2.43. The van der Waals surface area contributed by atoms with Crippen LogP contribution in [0.3, 0.4) is 0 Å². The summed E-state index contributed by atoms with van der Waals surface area (Å²) < 4.78 is 0. The fraction of sp³-hybridized carbons (Fsp3) is 0.421. The maximum atomic E-state index is 12.1. The highest BCUT2D eigenvalue weighted by Gasteiger charge is 2.48. The second-order valence-corrected chi connectivity index (χ2v) is 7.56. The highest BCUT2D eigenvalue weighted by atomic mass is 32.1. The van der Waals surface area contributed by atoms with Gasteiger partial charge in [0, 0.05) is 37.5 Å². The fourth-order valence-electron chi connectivity index (χ4n) is 4.14. The van der Waals surface area contributed by atoms with Crippen LogP contribution in [0.2, 0.25) is 0 Å². The van der Waals surface area contributed by atoms with Gasteiger partial charge in [-0.2, -0.15) is 11.3 Å². The average Bonchev–Trinajstić information content (AvgIpc) is 3.19. The van der Waals surface area contributed by atoms with E-state index in [-0.39, 0.29) is 11.4 Å². The highest BCUT2D eigenvalue weighted by molar-refractivity contribution is 7.07. The number of hydrogen-bond acceptors (Lipinski definition) is 3. The molecule has 2 saturated heterocycles. The quantitative estimate of drug-likeness (QED) is 0.938. The first-order valence-electron chi connectivity index (χ1n) is 8.35. The first-order valence-corrected chi connectivity index (χ1v) is 9.29. The molecule has 1 N–H and O–H groups in total. The number of carbonyl (C=O) groups is 1. The number of carbonyl (C=O) groups excluding carboxylic acids is 1. The molecule has 3 heterocycles. The zero-order chi connectivity index (χ0) is 15.7. The average molecular weight is 326 g/mol. The molecule has 1 atom stereocenters. The lowest BCUT2D eigenvalue weighted by molar-refractivity contribution is -0.120. The molecule has 1 unspecified atom stereocenters. The Hall–Kier alpha value is -1.65. The third-order valence-corrected chi connectivity index (χ3v) is 6.11. The van der Waals surface area contributed by atoms with Crippen molar-refractivity contribution in [2.45, 2.75) is 37.3 Å². The summed E-state index contributed by atoms with van der Waals surface area (Å²) in [4.78, 5) is 14.6. The van der Waals surface area contributed by atoms with Crippen molar-refractivity contribution < 1.29 is 4.79 Å². The molecule has 2 aliphatic rings. The molecule has 2 fully saturated rings. The van der Waals surface area contributed by atoms with Crippen LogP contribution in [0.1, 0.15) is 36.3 Å². The lowest BCUT2D eigenvalue weighted by Gasteiger charge is -2.43.